The third-order valence-corrected chi connectivity index (χ3v) is 3.04. The number of carbonyl (C=O) groups excluding carboxylic acids is 1. The van der Waals surface area contributed by atoms with E-state index < -0.39 is 0 Å². The fourth-order valence-electron chi connectivity index (χ4n) is 1.37. The molecule has 1 heterocycles. The van der Waals surface area contributed by atoms with Crippen LogP contribution in [0.5, 0.6) is 0 Å². The Morgan fingerprint density at radius 3 is 2.62 bits per heavy atom. The molecule has 0 spiro atoms. The van der Waals surface area contributed by atoms with Crippen LogP contribution < -0.4 is 0 Å². The molecule has 0 aliphatic rings. The van der Waals surface area contributed by atoms with Crippen LogP contribution in [0, 0.1) is 0 Å². The van der Waals surface area contributed by atoms with Gasteiger partial charge in [0, 0.05) is 6.42 Å². The topological polar surface area (TPSA) is 26.3 Å². The van der Waals surface area contributed by atoms with E-state index in [0.29, 0.717) is 11.5 Å². The number of hydrogen-bond acceptors (Lipinski definition) is 3. The lowest BCUT2D eigenvalue weighted by atomic mass is 10.2. The summed E-state index contributed by atoms with van der Waals surface area (Å²) in [5, 5.41) is 1.87. The van der Waals surface area contributed by atoms with Crippen LogP contribution in [0.3, 0.4) is 0 Å². The number of hydrogen-bond donors (Lipinski definition) is 0. The summed E-state index contributed by atoms with van der Waals surface area (Å²) in [7, 11) is 0. The van der Waals surface area contributed by atoms with Gasteiger partial charge in [-0.1, -0.05) is 36.4 Å². The molecule has 1 aromatic heterocycles. The van der Waals surface area contributed by atoms with Crippen LogP contribution in [0.2, 0.25) is 0 Å². The van der Waals surface area contributed by atoms with Crippen molar-refractivity contribution in [3.05, 3.63) is 58.3 Å². The third kappa shape index (κ3) is 2.94. The van der Waals surface area contributed by atoms with E-state index in [1.54, 1.807) is 6.07 Å². The van der Waals surface area contributed by atoms with Crippen molar-refractivity contribution in [3.8, 4) is 0 Å². The summed E-state index contributed by atoms with van der Waals surface area (Å²) >= 11 is 1.40. The molecule has 0 atom stereocenters. The lowest BCUT2D eigenvalue weighted by Crippen LogP contribution is -2.06. The molecule has 16 heavy (non-hydrogen) atoms. The predicted molar refractivity (Wildman–Crippen MR) is 64.7 cm³/mol. The molecule has 0 N–H and O–H groups in total. The van der Waals surface area contributed by atoms with Crippen molar-refractivity contribution < 1.29 is 9.53 Å². The molecule has 3 heteroatoms. The maximum Gasteiger partial charge on any atom is 0.348 e. The highest BCUT2D eigenvalue weighted by atomic mass is 32.1. The molecular formula is C13H12O2S. The summed E-state index contributed by atoms with van der Waals surface area (Å²) in [6.45, 7) is 0.431. The highest BCUT2D eigenvalue weighted by Gasteiger charge is 2.06. The molecule has 2 aromatic rings. The molecule has 1 aromatic carbocycles. The minimum absolute atomic E-state index is 0.231. The van der Waals surface area contributed by atoms with E-state index in [9.17, 15) is 4.79 Å². The van der Waals surface area contributed by atoms with Gasteiger partial charge in [0.1, 0.15) is 4.88 Å². The van der Waals surface area contributed by atoms with Crippen LogP contribution in [-0.2, 0) is 11.2 Å². The van der Waals surface area contributed by atoms with Crippen LogP contribution in [0.25, 0.3) is 0 Å². The van der Waals surface area contributed by atoms with E-state index in [0.717, 1.165) is 6.42 Å². The first-order valence-electron chi connectivity index (χ1n) is 5.11. The Labute approximate surface area is 98.5 Å². The lowest BCUT2D eigenvalue weighted by Gasteiger charge is -2.03. The van der Waals surface area contributed by atoms with E-state index in [1.165, 1.54) is 16.9 Å². The highest BCUT2D eigenvalue weighted by Crippen LogP contribution is 2.10. The van der Waals surface area contributed by atoms with Crippen molar-refractivity contribution in [1.29, 1.82) is 0 Å². The first kappa shape index (κ1) is 10.9. The zero-order valence-electron chi connectivity index (χ0n) is 8.76. The Hall–Kier alpha value is -1.61. The number of carbonyl (C=O) groups is 1. The molecule has 2 rings (SSSR count). The van der Waals surface area contributed by atoms with E-state index in [2.05, 4.69) is 0 Å². The molecule has 0 amide bonds. The van der Waals surface area contributed by atoms with Gasteiger partial charge in [-0.05, 0) is 17.0 Å². The maximum absolute atomic E-state index is 11.5. The van der Waals surface area contributed by atoms with Crippen molar-refractivity contribution >= 4 is 17.3 Å². The molecule has 0 saturated carbocycles. The average molecular weight is 232 g/mol. The van der Waals surface area contributed by atoms with Crippen molar-refractivity contribution in [1.82, 2.24) is 0 Å². The SMILES string of the molecule is O=C(OCCc1ccccc1)c1cccs1. The lowest BCUT2D eigenvalue weighted by molar-refractivity contribution is 0.0515. The summed E-state index contributed by atoms with van der Waals surface area (Å²) < 4.78 is 5.16. The second kappa shape index (κ2) is 5.47. The van der Waals surface area contributed by atoms with Crippen molar-refractivity contribution in [2.24, 2.45) is 0 Å². The van der Waals surface area contributed by atoms with E-state index in [4.69, 9.17) is 4.74 Å². The zero-order chi connectivity index (χ0) is 11.2. The van der Waals surface area contributed by atoms with Crippen molar-refractivity contribution in [2.75, 3.05) is 6.61 Å². The summed E-state index contributed by atoms with van der Waals surface area (Å²) in [5.41, 5.74) is 1.18. The van der Waals surface area contributed by atoms with Gasteiger partial charge in [0.25, 0.3) is 0 Å². The number of rotatable bonds is 4. The first-order valence-corrected chi connectivity index (χ1v) is 5.99. The molecule has 82 valence electrons. The molecule has 0 aliphatic carbocycles. The average Bonchev–Trinajstić information content (AvgIpc) is 2.84. The van der Waals surface area contributed by atoms with Crippen LogP contribution >= 0.6 is 11.3 Å². The van der Waals surface area contributed by atoms with Crippen LogP contribution in [0.4, 0.5) is 0 Å². The van der Waals surface area contributed by atoms with Gasteiger partial charge in [-0.15, -0.1) is 11.3 Å². The molecule has 0 aliphatic heterocycles. The normalized spacial score (nSPS) is 10.0. The number of thiophene rings is 1. The quantitative estimate of drug-likeness (QED) is 0.757. The van der Waals surface area contributed by atoms with Gasteiger partial charge in [0.2, 0.25) is 0 Å². The summed E-state index contributed by atoms with van der Waals surface area (Å²) in [5.74, 6) is -0.231. The van der Waals surface area contributed by atoms with E-state index >= 15 is 0 Å². The largest absolute Gasteiger partial charge is 0.461 e. The summed E-state index contributed by atoms with van der Waals surface area (Å²) in [4.78, 5) is 12.1. The number of benzene rings is 1. The standard InChI is InChI=1S/C13H12O2S/c14-13(12-7-4-10-16-12)15-9-8-11-5-2-1-3-6-11/h1-7,10H,8-9H2. The Morgan fingerprint density at radius 1 is 1.12 bits per heavy atom. The molecular weight excluding hydrogens is 220 g/mol. The minimum atomic E-state index is -0.231. The van der Waals surface area contributed by atoms with Gasteiger partial charge in [-0.25, -0.2) is 4.79 Å². The third-order valence-electron chi connectivity index (χ3n) is 2.19. The molecule has 0 unspecified atom stereocenters. The van der Waals surface area contributed by atoms with Gasteiger partial charge in [-0.2, -0.15) is 0 Å². The maximum atomic E-state index is 11.5. The van der Waals surface area contributed by atoms with Gasteiger partial charge < -0.3 is 4.74 Å². The Kier molecular flexibility index (Phi) is 3.72. The highest BCUT2D eigenvalue weighted by molar-refractivity contribution is 7.11. The van der Waals surface area contributed by atoms with Gasteiger partial charge in [0.15, 0.2) is 0 Å². The van der Waals surface area contributed by atoms with Crippen LogP contribution in [0.1, 0.15) is 15.2 Å². The van der Waals surface area contributed by atoms with Crippen LogP contribution in [0.15, 0.2) is 47.8 Å². The number of ether oxygens (including phenoxy) is 1. The number of esters is 1. The Morgan fingerprint density at radius 2 is 1.94 bits per heavy atom. The monoisotopic (exact) mass is 232 g/mol. The molecule has 0 radical (unpaired) electrons. The minimum Gasteiger partial charge on any atom is -0.461 e. The molecule has 0 bridgehead atoms. The first-order chi connectivity index (χ1) is 7.86. The van der Waals surface area contributed by atoms with Crippen molar-refractivity contribution in [3.63, 3.8) is 0 Å². The Balaban J connectivity index is 1.79. The second-order valence-corrected chi connectivity index (χ2v) is 4.30. The van der Waals surface area contributed by atoms with Gasteiger partial charge in [-0.3, -0.25) is 0 Å². The zero-order valence-corrected chi connectivity index (χ0v) is 9.57. The molecule has 2 nitrogen and oxygen atoms in total. The van der Waals surface area contributed by atoms with E-state index in [-0.39, 0.29) is 5.97 Å². The molecule has 0 fully saturated rings. The van der Waals surface area contributed by atoms with Gasteiger partial charge >= 0.3 is 5.97 Å². The summed E-state index contributed by atoms with van der Waals surface area (Å²) in [6.07, 6.45) is 0.762. The summed E-state index contributed by atoms with van der Waals surface area (Å²) in [6, 6.07) is 13.6. The Bertz CT molecular complexity index is 434. The van der Waals surface area contributed by atoms with E-state index in [1.807, 2.05) is 41.8 Å². The van der Waals surface area contributed by atoms with Gasteiger partial charge in [0.05, 0.1) is 6.61 Å². The fraction of sp³-hybridized carbons (Fsp3) is 0.154. The smallest absolute Gasteiger partial charge is 0.348 e. The predicted octanol–water partition coefficient (Wildman–Crippen LogP) is 3.15. The van der Waals surface area contributed by atoms with Crippen LogP contribution in [-0.4, -0.2) is 12.6 Å². The van der Waals surface area contributed by atoms with Crippen molar-refractivity contribution in [2.45, 2.75) is 6.42 Å². The fourth-order valence-corrected chi connectivity index (χ4v) is 1.99. The second-order valence-electron chi connectivity index (χ2n) is 3.35. The molecule has 0 saturated heterocycles.